The lowest BCUT2D eigenvalue weighted by Crippen LogP contribution is -2.58. The van der Waals surface area contributed by atoms with Crippen molar-refractivity contribution >= 4 is 11.8 Å². The number of hydrogen-bond acceptors (Lipinski definition) is 3. The van der Waals surface area contributed by atoms with E-state index in [2.05, 4.69) is 0 Å². The number of nitrogens with zero attached hydrogens (tertiary/aromatic N) is 1. The SMILES string of the molecule is CC(C)O[N+](C)(C(=O)[O-])c1ccccc1. The summed E-state index contributed by atoms with van der Waals surface area (Å²) in [5.41, 5.74) is 0.534. The molecule has 0 bridgehead atoms. The zero-order chi connectivity index (χ0) is 11.5. The molecule has 4 heteroatoms. The minimum absolute atomic E-state index is 0.201. The molecule has 0 fully saturated rings. The fraction of sp³-hybridized carbons (Fsp3) is 0.364. The molecule has 1 aromatic rings. The Balaban J connectivity index is 3.07. The number of amides is 1. The molecule has 1 aromatic carbocycles. The van der Waals surface area contributed by atoms with Crippen molar-refractivity contribution in [1.82, 2.24) is 4.65 Å². The van der Waals surface area contributed by atoms with Gasteiger partial charge in [-0.3, -0.25) is 0 Å². The molecule has 0 aliphatic heterocycles. The number of quaternary nitrogens is 1. The number of carbonyl (C=O) groups excluding carboxylic acids is 1. The van der Waals surface area contributed by atoms with E-state index in [4.69, 9.17) is 4.84 Å². The number of benzene rings is 1. The van der Waals surface area contributed by atoms with Gasteiger partial charge in [-0.25, -0.2) is 0 Å². The van der Waals surface area contributed by atoms with Gasteiger partial charge in [-0.15, -0.1) is 4.65 Å². The Morgan fingerprint density at radius 2 is 1.87 bits per heavy atom. The highest BCUT2D eigenvalue weighted by molar-refractivity contribution is 5.76. The first-order valence-electron chi connectivity index (χ1n) is 4.79. The Hall–Kier alpha value is -1.39. The molecule has 0 saturated heterocycles. The second-order valence-corrected chi connectivity index (χ2v) is 3.68. The molecule has 4 nitrogen and oxygen atoms in total. The van der Waals surface area contributed by atoms with Gasteiger partial charge in [0.2, 0.25) is 0 Å². The maximum Gasteiger partial charge on any atom is 0.297 e. The summed E-state index contributed by atoms with van der Waals surface area (Å²) in [7, 11) is 1.45. The van der Waals surface area contributed by atoms with Gasteiger partial charge < -0.3 is 9.90 Å². The van der Waals surface area contributed by atoms with E-state index >= 15 is 0 Å². The molecule has 0 aliphatic rings. The molecule has 0 N–H and O–H groups in total. The van der Waals surface area contributed by atoms with Crippen molar-refractivity contribution in [2.45, 2.75) is 20.0 Å². The predicted octanol–water partition coefficient (Wildman–Crippen LogP) is 1.31. The summed E-state index contributed by atoms with van der Waals surface area (Å²) in [4.78, 5) is 16.5. The fourth-order valence-corrected chi connectivity index (χ4v) is 1.34. The third kappa shape index (κ3) is 2.55. The highest BCUT2D eigenvalue weighted by Crippen LogP contribution is 2.21. The lowest BCUT2D eigenvalue weighted by Gasteiger charge is -2.31. The second kappa shape index (κ2) is 4.42. The van der Waals surface area contributed by atoms with E-state index in [9.17, 15) is 9.90 Å². The average Bonchev–Trinajstić information content (AvgIpc) is 2.17. The summed E-state index contributed by atoms with van der Waals surface area (Å²) in [5, 5.41) is 11.1. The van der Waals surface area contributed by atoms with E-state index in [1.54, 1.807) is 38.1 Å². The summed E-state index contributed by atoms with van der Waals surface area (Å²) in [6.45, 7) is 3.56. The highest BCUT2D eigenvalue weighted by Gasteiger charge is 2.31. The van der Waals surface area contributed by atoms with Gasteiger partial charge in [0, 0.05) is 12.1 Å². The third-order valence-corrected chi connectivity index (χ3v) is 2.02. The third-order valence-electron chi connectivity index (χ3n) is 2.02. The molecule has 0 aromatic heterocycles. The number of para-hydroxylation sites is 1. The van der Waals surface area contributed by atoms with Crippen LogP contribution in [0.5, 0.6) is 0 Å². The topological polar surface area (TPSA) is 49.4 Å². The van der Waals surface area contributed by atoms with Crippen LogP contribution < -0.4 is 9.75 Å². The number of hydroxylamine groups is 2. The maximum absolute atomic E-state index is 11.1. The predicted molar refractivity (Wildman–Crippen MR) is 55.8 cm³/mol. The molecule has 0 saturated carbocycles. The van der Waals surface area contributed by atoms with Crippen molar-refractivity contribution in [3.63, 3.8) is 0 Å². The Kier molecular flexibility index (Phi) is 3.44. The van der Waals surface area contributed by atoms with Crippen LogP contribution >= 0.6 is 0 Å². The van der Waals surface area contributed by atoms with Crippen LogP contribution in [0.15, 0.2) is 30.3 Å². The van der Waals surface area contributed by atoms with Crippen LogP contribution in [0.3, 0.4) is 0 Å². The van der Waals surface area contributed by atoms with Crippen LogP contribution in [0.1, 0.15) is 13.8 Å². The molecule has 1 atom stereocenters. The van der Waals surface area contributed by atoms with E-state index in [0.717, 1.165) is 0 Å². The molecular weight excluding hydrogens is 194 g/mol. The molecule has 1 unspecified atom stereocenters. The molecule has 0 aliphatic carbocycles. The standard InChI is InChI=1S/C11H15NO3/c1-9(2)15-12(3,11(13)14)10-7-5-4-6-8-10/h4-9H,1-3H3. The Labute approximate surface area is 89.2 Å². The molecule has 1 rings (SSSR count). The number of hydrogen-bond donors (Lipinski definition) is 0. The van der Waals surface area contributed by atoms with Gasteiger partial charge in [-0.2, -0.15) is 4.84 Å². The van der Waals surface area contributed by atoms with Crippen LogP contribution in [0.4, 0.5) is 10.5 Å². The Bertz CT molecular complexity index is 337. The highest BCUT2D eigenvalue weighted by atomic mass is 16.7. The Morgan fingerprint density at radius 3 is 2.27 bits per heavy atom. The quantitative estimate of drug-likeness (QED) is 0.557. The van der Waals surface area contributed by atoms with Crippen molar-refractivity contribution in [2.75, 3.05) is 7.05 Å². The molecule has 0 heterocycles. The lowest BCUT2D eigenvalue weighted by atomic mass is 10.3. The summed E-state index contributed by atoms with van der Waals surface area (Å²) in [5.74, 6) is 0. The van der Waals surface area contributed by atoms with E-state index in [1.165, 1.54) is 7.05 Å². The lowest BCUT2D eigenvalue weighted by molar-refractivity contribution is -0.299. The summed E-state index contributed by atoms with van der Waals surface area (Å²) >= 11 is 0. The van der Waals surface area contributed by atoms with Crippen molar-refractivity contribution in [1.29, 1.82) is 0 Å². The number of rotatable bonds is 3. The van der Waals surface area contributed by atoms with Crippen LogP contribution in [-0.4, -0.2) is 19.2 Å². The molecule has 15 heavy (non-hydrogen) atoms. The first kappa shape index (κ1) is 11.7. The zero-order valence-electron chi connectivity index (χ0n) is 9.14. The summed E-state index contributed by atoms with van der Waals surface area (Å²) < 4.78 is -0.668. The van der Waals surface area contributed by atoms with E-state index < -0.39 is 10.7 Å². The van der Waals surface area contributed by atoms with Crippen molar-refractivity contribution in [3.05, 3.63) is 30.3 Å². The van der Waals surface area contributed by atoms with Gasteiger partial charge >= 0.3 is 0 Å². The van der Waals surface area contributed by atoms with Gasteiger partial charge in [0.25, 0.3) is 6.09 Å². The van der Waals surface area contributed by atoms with Crippen LogP contribution in [-0.2, 0) is 4.84 Å². The Morgan fingerprint density at radius 1 is 1.33 bits per heavy atom. The molecule has 0 radical (unpaired) electrons. The van der Waals surface area contributed by atoms with Gasteiger partial charge in [0.15, 0.2) is 5.69 Å². The van der Waals surface area contributed by atoms with E-state index in [-0.39, 0.29) is 6.10 Å². The zero-order valence-corrected chi connectivity index (χ0v) is 9.14. The molecule has 82 valence electrons. The first-order valence-corrected chi connectivity index (χ1v) is 4.79. The van der Waals surface area contributed by atoms with Crippen molar-refractivity contribution in [3.8, 4) is 0 Å². The molecular formula is C11H15NO3. The van der Waals surface area contributed by atoms with Gasteiger partial charge in [0.1, 0.15) is 13.2 Å². The van der Waals surface area contributed by atoms with Gasteiger partial charge in [-0.05, 0) is 13.8 Å². The van der Waals surface area contributed by atoms with Gasteiger partial charge in [0.05, 0.1) is 0 Å². The minimum atomic E-state index is -1.28. The second-order valence-electron chi connectivity index (χ2n) is 3.68. The van der Waals surface area contributed by atoms with Crippen LogP contribution in [0.2, 0.25) is 0 Å². The summed E-state index contributed by atoms with van der Waals surface area (Å²) in [6.07, 6.45) is -1.48. The van der Waals surface area contributed by atoms with Crippen molar-refractivity contribution < 1.29 is 14.7 Å². The first-order chi connectivity index (χ1) is 6.97. The number of carbonyl (C=O) groups is 1. The van der Waals surface area contributed by atoms with Crippen LogP contribution in [0.25, 0.3) is 0 Å². The normalized spacial score (nSPS) is 14.9. The van der Waals surface area contributed by atoms with Gasteiger partial charge in [-0.1, -0.05) is 18.2 Å². The average molecular weight is 209 g/mol. The number of carboxylic acid groups (broad SMARTS) is 1. The van der Waals surface area contributed by atoms with Crippen molar-refractivity contribution in [2.24, 2.45) is 0 Å². The monoisotopic (exact) mass is 209 g/mol. The largest absolute Gasteiger partial charge is 0.496 e. The fourth-order valence-electron chi connectivity index (χ4n) is 1.34. The van der Waals surface area contributed by atoms with E-state index in [1.807, 2.05) is 6.07 Å². The van der Waals surface area contributed by atoms with Crippen LogP contribution in [0, 0.1) is 0 Å². The molecule has 1 amide bonds. The van der Waals surface area contributed by atoms with E-state index in [0.29, 0.717) is 5.69 Å². The minimum Gasteiger partial charge on any atom is -0.496 e. The molecule has 0 spiro atoms. The summed E-state index contributed by atoms with van der Waals surface area (Å²) in [6, 6.07) is 8.73. The maximum atomic E-state index is 11.1. The smallest absolute Gasteiger partial charge is 0.297 e.